The Balaban J connectivity index is 2.88. The molecule has 0 saturated carbocycles. The summed E-state index contributed by atoms with van der Waals surface area (Å²) in [6.07, 6.45) is 2.50. The highest BCUT2D eigenvalue weighted by Gasteiger charge is 2.17. The van der Waals surface area contributed by atoms with Gasteiger partial charge in [0.2, 0.25) is 0 Å². The Morgan fingerprint density at radius 2 is 2.15 bits per heavy atom. The predicted octanol–water partition coefficient (Wildman–Crippen LogP) is 1.89. The van der Waals surface area contributed by atoms with Gasteiger partial charge in [-0.3, -0.25) is 4.79 Å². The Labute approximate surface area is 118 Å². The predicted molar refractivity (Wildman–Crippen MR) is 76.5 cm³/mol. The van der Waals surface area contributed by atoms with Gasteiger partial charge in [0.05, 0.1) is 12.6 Å². The van der Waals surface area contributed by atoms with E-state index < -0.39 is 5.97 Å². The van der Waals surface area contributed by atoms with Gasteiger partial charge in [0.15, 0.2) is 0 Å². The smallest absolute Gasteiger partial charge is 0.328 e. The first kappa shape index (κ1) is 15.9. The van der Waals surface area contributed by atoms with E-state index in [1.165, 1.54) is 6.08 Å². The second-order valence-electron chi connectivity index (χ2n) is 4.52. The number of hydrogen-bond donors (Lipinski definition) is 1. The number of amides is 1. The third kappa shape index (κ3) is 4.51. The Hall–Kier alpha value is -2.14. The quantitative estimate of drug-likeness (QED) is 0.806. The van der Waals surface area contributed by atoms with Gasteiger partial charge in [0.1, 0.15) is 0 Å². The van der Waals surface area contributed by atoms with Gasteiger partial charge in [0.25, 0.3) is 5.91 Å². The highest BCUT2D eigenvalue weighted by atomic mass is 16.5. The van der Waals surface area contributed by atoms with Crippen LogP contribution in [0.5, 0.6) is 0 Å². The molecule has 0 aliphatic rings. The Kier molecular flexibility index (Phi) is 5.93. The molecule has 1 aromatic rings. The summed E-state index contributed by atoms with van der Waals surface area (Å²) in [6.45, 7) is 2.36. The Bertz CT molecular complexity index is 510. The van der Waals surface area contributed by atoms with Crippen LogP contribution in [0.2, 0.25) is 0 Å². The first-order valence-corrected chi connectivity index (χ1v) is 6.23. The zero-order valence-corrected chi connectivity index (χ0v) is 11.9. The number of carboxylic acids is 1. The van der Waals surface area contributed by atoms with Gasteiger partial charge in [-0.15, -0.1) is 0 Å². The van der Waals surface area contributed by atoms with E-state index >= 15 is 0 Å². The summed E-state index contributed by atoms with van der Waals surface area (Å²) >= 11 is 0. The SMILES string of the molecule is COCC(C)N(C)C(=O)c1cccc(C=CC(=O)O)c1. The molecule has 0 fully saturated rings. The molecule has 1 aromatic carbocycles. The third-order valence-corrected chi connectivity index (χ3v) is 2.94. The molecule has 1 rings (SSSR count). The molecule has 5 heteroatoms. The standard InChI is InChI=1S/C15H19NO4/c1-11(10-20-3)16(2)15(19)13-6-4-5-12(9-13)7-8-14(17)18/h4-9,11H,10H2,1-3H3,(H,17,18). The van der Waals surface area contributed by atoms with Crippen molar-refractivity contribution in [2.45, 2.75) is 13.0 Å². The van der Waals surface area contributed by atoms with Gasteiger partial charge < -0.3 is 14.7 Å². The first-order valence-electron chi connectivity index (χ1n) is 6.23. The molecule has 0 saturated heterocycles. The number of methoxy groups -OCH3 is 1. The molecule has 1 unspecified atom stereocenters. The van der Waals surface area contributed by atoms with Gasteiger partial charge in [-0.25, -0.2) is 4.79 Å². The van der Waals surface area contributed by atoms with Crippen LogP contribution in [0.15, 0.2) is 30.3 Å². The lowest BCUT2D eigenvalue weighted by Crippen LogP contribution is -2.37. The number of nitrogens with zero attached hydrogens (tertiary/aromatic N) is 1. The van der Waals surface area contributed by atoms with Crippen LogP contribution in [-0.2, 0) is 9.53 Å². The highest BCUT2D eigenvalue weighted by molar-refractivity contribution is 5.95. The van der Waals surface area contributed by atoms with Gasteiger partial charge in [-0.2, -0.15) is 0 Å². The molecule has 0 spiro atoms. The fraction of sp³-hybridized carbons (Fsp3) is 0.333. The van der Waals surface area contributed by atoms with Crippen molar-refractivity contribution in [1.82, 2.24) is 4.90 Å². The van der Waals surface area contributed by atoms with Crippen molar-refractivity contribution in [1.29, 1.82) is 0 Å². The van der Waals surface area contributed by atoms with Crippen molar-refractivity contribution in [3.05, 3.63) is 41.5 Å². The summed E-state index contributed by atoms with van der Waals surface area (Å²) in [6, 6.07) is 6.80. The molecule has 0 radical (unpaired) electrons. The number of benzene rings is 1. The average Bonchev–Trinajstić information content (AvgIpc) is 2.44. The van der Waals surface area contributed by atoms with Crippen LogP contribution in [0.4, 0.5) is 0 Å². The van der Waals surface area contributed by atoms with E-state index in [2.05, 4.69) is 0 Å². The molecule has 0 heterocycles. The third-order valence-electron chi connectivity index (χ3n) is 2.94. The number of carboxylic acid groups (broad SMARTS) is 1. The summed E-state index contributed by atoms with van der Waals surface area (Å²) in [5.41, 5.74) is 1.19. The minimum Gasteiger partial charge on any atom is -0.478 e. The lowest BCUT2D eigenvalue weighted by molar-refractivity contribution is -0.131. The molecule has 1 amide bonds. The maximum Gasteiger partial charge on any atom is 0.328 e. The van der Waals surface area contributed by atoms with E-state index in [0.29, 0.717) is 17.7 Å². The summed E-state index contributed by atoms with van der Waals surface area (Å²) in [5, 5.41) is 8.60. The van der Waals surface area contributed by atoms with Gasteiger partial charge in [0, 0.05) is 25.8 Å². The minimum absolute atomic E-state index is 0.0364. The normalized spacial score (nSPS) is 12.3. The fourth-order valence-electron chi connectivity index (χ4n) is 1.70. The van der Waals surface area contributed by atoms with Crippen LogP contribution in [0.25, 0.3) is 6.08 Å². The number of carbonyl (C=O) groups excluding carboxylic acids is 1. The molecule has 0 aliphatic carbocycles. The van der Waals surface area contributed by atoms with Crippen LogP contribution < -0.4 is 0 Å². The van der Waals surface area contributed by atoms with Crippen LogP contribution in [0, 0.1) is 0 Å². The Morgan fingerprint density at radius 1 is 1.45 bits per heavy atom. The van der Waals surface area contributed by atoms with Crippen molar-refractivity contribution in [2.24, 2.45) is 0 Å². The fourth-order valence-corrected chi connectivity index (χ4v) is 1.70. The molecule has 20 heavy (non-hydrogen) atoms. The maximum absolute atomic E-state index is 12.3. The summed E-state index contributed by atoms with van der Waals surface area (Å²) in [4.78, 5) is 24.4. The summed E-state index contributed by atoms with van der Waals surface area (Å²) in [5.74, 6) is -1.15. The molecular formula is C15H19NO4. The monoisotopic (exact) mass is 277 g/mol. The molecule has 0 aliphatic heterocycles. The number of ether oxygens (including phenoxy) is 1. The zero-order valence-electron chi connectivity index (χ0n) is 11.9. The molecule has 1 atom stereocenters. The number of hydrogen-bond acceptors (Lipinski definition) is 3. The first-order chi connectivity index (χ1) is 9.45. The Morgan fingerprint density at radius 3 is 2.75 bits per heavy atom. The van der Waals surface area contributed by atoms with Crippen molar-refractivity contribution in [2.75, 3.05) is 20.8 Å². The zero-order chi connectivity index (χ0) is 15.1. The summed E-state index contributed by atoms with van der Waals surface area (Å²) in [7, 11) is 3.30. The average molecular weight is 277 g/mol. The van der Waals surface area contributed by atoms with E-state index in [1.807, 2.05) is 6.92 Å². The second-order valence-corrected chi connectivity index (χ2v) is 4.52. The molecular weight excluding hydrogens is 258 g/mol. The van der Waals surface area contributed by atoms with Crippen LogP contribution in [-0.4, -0.2) is 48.7 Å². The lowest BCUT2D eigenvalue weighted by Gasteiger charge is -2.24. The maximum atomic E-state index is 12.3. The number of rotatable bonds is 6. The number of aliphatic carboxylic acids is 1. The van der Waals surface area contributed by atoms with E-state index in [9.17, 15) is 9.59 Å². The van der Waals surface area contributed by atoms with Gasteiger partial charge in [-0.05, 0) is 30.7 Å². The van der Waals surface area contributed by atoms with Crippen molar-refractivity contribution < 1.29 is 19.4 Å². The van der Waals surface area contributed by atoms with Crippen molar-refractivity contribution >= 4 is 18.0 Å². The van der Waals surface area contributed by atoms with Gasteiger partial charge >= 0.3 is 5.97 Å². The molecule has 0 aromatic heterocycles. The van der Waals surface area contributed by atoms with E-state index in [-0.39, 0.29) is 11.9 Å². The number of likely N-dealkylation sites (N-methyl/N-ethyl adjacent to an activating group) is 1. The molecule has 1 N–H and O–H groups in total. The highest BCUT2D eigenvalue weighted by Crippen LogP contribution is 2.11. The van der Waals surface area contributed by atoms with E-state index in [4.69, 9.17) is 9.84 Å². The molecule has 0 bridgehead atoms. The van der Waals surface area contributed by atoms with Gasteiger partial charge in [-0.1, -0.05) is 12.1 Å². The van der Waals surface area contributed by atoms with E-state index in [1.54, 1.807) is 43.3 Å². The lowest BCUT2D eigenvalue weighted by atomic mass is 10.1. The van der Waals surface area contributed by atoms with Crippen molar-refractivity contribution in [3.63, 3.8) is 0 Å². The van der Waals surface area contributed by atoms with Crippen LogP contribution in [0.1, 0.15) is 22.8 Å². The van der Waals surface area contributed by atoms with Crippen LogP contribution >= 0.6 is 0 Å². The summed E-state index contributed by atoms with van der Waals surface area (Å²) < 4.78 is 5.03. The minimum atomic E-state index is -1.02. The van der Waals surface area contributed by atoms with Crippen LogP contribution in [0.3, 0.4) is 0 Å². The molecule has 5 nitrogen and oxygen atoms in total. The van der Waals surface area contributed by atoms with Crippen molar-refractivity contribution in [3.8, 4) is 0 Å². The number of carbonyl (C=O) groups is 2. The molecule has 108 valence electrons. The largest absolute Gasteiger partial charge is 0.478 e. The topological polar surface area (TPSA) is 66.8 Å². The second kappa shape index (κ2) is 7.45. The van der Waals surface area contributed by atoms with E-state index in [0.717, 1.165) is 6.08 Å².